The van der Waals surface area contributed by atoms with E-state index in [9.17, 15) is 9.18 Å². The molecular formula is C16H8ClFN2O2S. The van der Waals surface area contributed by atoms with Gasteiger partial charge in [0.15, 0.2) is 10.9 Å². The van der Waals surface area contributed by atoms with E-state index < -0.39 is 5.91 Å². The van der Waals surface area contributed by atoms with E-state index in [0.29, 0.717) is 26.0 Å². The number of thiazole rings is 1. The van der Waals surface area contributed by atoms with E-state index in [1.165, 1.54) is 23.5 Å². The average Bonchev–Trinajstić information content (AvgIpc) is 3.09. The number of nitrogens with zero attached hydrogens (tertiary/aromatic N) is 1. The molecule has 4 rings (SSSR count). The number of fused-ring (bicyclic) bond motifs is 2. The molecule has 7 heteroatoms. The van der Waals surface area contributed by atoms with E-state index in [1.54, 1.807) is 30.3 Å². The molecular weight excluding hydrogens is 339 g/mol. The summed E-state index contributed by atoms with van der Waals surface area (Å²) in [7, 11) is 0. The van der Waals surface area contributed by atoms with Crippen LogP contribution in [0.5, 0.6) is 0 Å². The Morgan fingerprint density at radius 2 is 2.09 bits per heavy atom. The molecule has 4 nitrogen and oxygen atoms in total. The lowest BCUT2D eigenvalue weighted by Crippen LogP contribution is -2.10. The standard InChI is InChI=1S/C16H8ClFN2O2S/c17-9-1-4-12-8(5-9)6-13(22-12)15(21)20-16-19-11-3-2-10(18)7-14(11)23-16/h1-7H,(H,19,20,21). The van der Waals surface area contributed by atoms with Crippen molar-refractivity contribution >= 4 is 55.2 Å². The summed E-state index contributed by atoms with van der Waals surface area (Å²) in [6.45, 7) is 0. The third kappa shape index (κ3) is 2.67. The number of benzene rings is 2. The normalized spacial score (nSPS) is 11.2. The topological polar surface area (TPSA) is 55.1 Å². The molecule has 0 bridgehead atoms. The van der Waals surface area contributed by atoms with E-state index in [2.05, 4.69) is 10.3 Å². The van der Waals surface area contributed by atoms with Crippen molar-refractivity contribution in [2.24, 2.45) is 0 Å². The number of halogens is 2. The molecule has 0 saturated heterocycles. The van der Waals surface area contributed by atoms with Gasteiger partial charge in [0.1, 0.15) is 11.4 Å². The second-order valence-corrected chi connectivity index (χ2v) is 6.35. The molecule has 1 amide bonds. The largest absolute Gasteiger partial charge is 0.451 e. The number of carbonyl (C=O) groups is 1. The van der Waals surface area contributed by atoms with Crippen LogP contribution in [0.15, 0.2) is 46.9 Å². The number of anilines is 1. The van der Waals surface area contributed by atoms with Crippen molar-refractivity contribution in [3.05, 3.63) is 59.1 Å². The number of carbonyl (C=O) groups excluding carboxylic acids is 1. The number of amides is 1. The maximum atomic E-state index is 13.2. The van der Waals surface area contributed by atoms with Crippen LogP contribution < -0.4 is 5.32 Å². The molecule has 2 heterocycles. The molecule has 0 aliphatic rings. The quantitative estimate of drug-likeness (QED) is 0.550. The zero-order valence-corrected chi connectivity index (χ0v) is 13.0. The van der Waals surface area contributed by atoms with Gasteiger partial charge in [-0.2, -0.15) is 0 Å². The van der Waals surface area contributed by atoms with Crippen molar-refractivity contribution in [3.8, 4) is 0 Å². The van der Waals surface area contributed by atoms with Crippen molar-refractivity contribution in [2.45, 2.75) is 0 Å². The summed E-state index contributed by atoms with van der Waals surface area (Å²) in [4.78, 5) is 16.5. The Hall–Kier alpha value is -2.44. The molecule has 23 heavy (non-hydrogen) atoms. The van der Waals surface area contributed by atoms with Gasteiger partial charge in [-0.1, -0.05) is 22.9 Å². The van der Waals surface area contributed by atoms with Gasteiger partial charge in [-0.25, -0.2) is 9.37 Å². The van der Waals surface area contributed by atoms with Gasteiger partial charge in [-0.3, -0.25) is 10.1 Å². The Morgan fingerprint density at radius 1 is 1.22 bits per heavy atom. The first-order chi connectivity index (χ1) is 11.1. The van der Waals surface area contributed by atoms with Crippen LogP contribution in [0.2, 0.25) is 5.02 Å². The second kappa shape index (κ2) is 5.33. The summed E-state index contributed by atoms with van der Waals surface area (Å²) < 4.78 is 19.3. The molecule has 4 aromatic rings. The van der Waals surface area contributed by atoms with Crippen molar-refractivity contribution < 1.29 is 13.6 Å². The van der Waals surface area contributed by atoms with E-state index in [-0.39, 0.29) is 11.6 Å². The van der Waals surface area contributed by atoms with Gasteiger partial charge >= 0.3 is 0 Å². The number of hydrogen-bond acceptors (Lipinski definition) is 4. The SMILES string of the molecule is O=C(Nc1nc2ccc(F)cc2s1)c1cc2cc(Cl)ccc2o1. The molecule has 1 N–H and O–H groups in total. The molecule has 0 aliphatic carbocycles. The van der Waals surface area contributed by atoms with Crippen molar-refractivity contribution in [1.29, 1.82) is 0 Å². The molecule has 0 atom stereocenters. The molecule has 0 unspecified atom stereocenters. The molecule has 2 aromatic carbocycles. The lowest BCUT2D eigenvalue weighted by atomic mass is 10.2. The fourth-order valence-electron chi connectivity index (χ4n) is 2.24. The molecule has 0 radical (unpaired) electrons. The predicted octanol–water partition coefficient (Wildman–Crippen LogP) is 5.09. The van der Waals surface area contributed by atoms with Gasteiger partial charge in [0.25, 0.3) is 5.91 Å². The number of aromatic nitrogens is 1. The van der Waals surface area contributed by atoms with Crippen LogP contribution in [0.4, 0.5) is 9.52 Å². The highest BCUT2D eigenvalue weighted by molar-refractivity contribution is 7.22. The first kappa shape index (κ1) is 14.2. The van der Waals surface area contributed by atoms with E-state index in [4.69, 9.17) is 16.0 Å². The smallest absolute Gasteiger partial charge is 0.293 e. The van der Waals surface area contributed by atoms with Crippen LogP contribution >= 0.6 is 22.9 Å². The third-order valence-corrected chi connectivity index (χ3v) is 4.44. The van der Waals surface area contributed by atoms with Gasteiger partial charge in [0.05, 0.1) is 10.2 Å². The Morgan fingerprint density at radius 3 is 2.96 bits per heavy atom. The van der Waals surface area contributed by atoms with Crippen LogP contribution in [0.3, 0.4) is 0 Å². The lowest BCUT2D eigenvalue weighted by Gasteiger charge is -1.96. The van der Waals surface area contributed by atoms with E-state index in [1.807, 2.05) is 0 Å². The maximum Gasteiger partial charge on any atom is 0.293 e. The Balaban J connectivity index is 1.64. The molecule has 0 saturated carbocycles. The summed E-state index contributed by atoms with van der Waals surface area (Å²) in [5.41, 5.74) is 1.20. The molecule has 0 spiro atoms. The number of nitrogens with one attached hydrogen (secondary N) is 1. The van der Waals surface area contributed by atoms with Crippen molar-refractivity contribution in [2.75, 3.05) is 5.32 Å². The zero-order valence-electron chi connectivity index (χ0n) is 11.5. The van der Waals surface area contributed by atoms with Crippen LogP contribution in [-0.4, -0.2) is 10.9 Å². The first-order valence-electron chi connectivity index (χ1n) is 6.65. The summed E-state index contributed by atoms with van der Waals surface area (Å²) in [6, 6.07) is 11.0. The Kier molecular flexibility index (Phi) is 3.28. The highest BCUT2D eigenvalue weighted by Gasteiger charge is 2.15. The highest BCUT2D eigenvalue weighted by Crippen LogP contribution is 2.28. The van der Waals surface area contributed by atoms with E-state index >= 15 is 0 Å². The summed E-state index contributed by atoms with van der Waals surface area (Å²) in [5, 5.41) is 4.36. The molecule has 0 aliphatic heterocycles. The van der Waals surface area contributed by atoms with E-state index in [0.717, 1.165) is 5.39 Å². The first-order valence-corrected chi connectivity index (χ1v) is 7.84. The average molecular weight is 347 g/mol. The summed E-state index contributed by atoms with van der Waals surface area (Å²) >= 11 is 7.11. The van der Waals surface area contributed by atoms with Gasteiger partial charge < -0.3 is 4.42 Å². The van der Waals surface area contributed by atoms with Crippen LogP contribution in [0.25, 0.3) is 21.2 Å². The van der Waals surface area contributed by atoms with Crippen LogP contribution in [-0.2, 0) is 0 Å². The highest BCUT2D eigenvalue weighted by atomic mass is 35.5. The second-order valence-electron chi connectivity index (χ2n) is 4.88. The Labute approximate surface area is 138 Å². The van der Waals surface area contributed by atoms with Crippen LogP contribution in [0.1, 0.15) is 10.6 Å². The minimum Gasteiger partial charge on any atom is -0.451 e. The minimum absolute atomic E-state index is 0.160. The molecule has 2 aromatic heterocycles. The van der Waals surface area contributed by atoms with Gasteiger partial charge in [-0.05, 0) is 42.5 Å². The van der Waals surface area contributed by atoms with Gasteiger partial charge in [0.2, 0.25) is 0 Å². The summed E-state index contributed by atoms with van der Waals surface area (Å²) in [6.07, 6.45) is 0. The van der Waals surface area contributed by atoms with Crippen molar-refractivity contribution in [3.63, 3.8) is 0 Å². The fraction of sp³-hybridized carbons (Fsp3) is 0. The maximum absolute atomic E-state index is 13.2. The molecule has 0 fully saturated rings. The lowest BCUT2D eigenvalue weighted by molar-refractivity contribution is 0.0998. The number of furan rings is 1. The Bertz CT molecular complexity index is 1060. The van der Waals surface area contributed by atoms with Gasteiger partial charge in [-0.15, -0.1) is 0 Å². The summed E-state index contributed by atoms with van der Waals surface area (Å²) in [5.74, 6) is -0.599. The van der Waals surface area contributed by atoms with Crippen LogP contribution in [0, 0.1) is 5.82 Å². The minimum atomic E-state index is -0.420. The fourth-order valence-corrected chi connectivity index (χ4v) is 3.30. The van der Waals surface area contributed by atoms with Crippen molar-refractivity contribution in [1.82, 2.24) is 4.98 Å². The third-order valence-electron chi connectivity index (χ3n) is 3.27. The molecule has 114 valence electrons. The monoisotopic (exact) mass is 346 g/mol. The zero-order chi connectivity index (χ0) is 16.0. The number of hydrogen-bond donors (Lipinski definition) is 1. The van der Waals surface area contributed by atoms with Gasteiger partial charge in [0, 0.05) is 10.4 Å². The number of rotatable bonds is 2. The predicted molar refractivity (Wildman–Crippen MR) is 88.8 cm³/mol.